The quantitative estimate of drug-likeness (QED) is 0.911. The van der Waals surface area contributed by atoms with Crippen LogP contribution in [0.5, 0.6) is 0 Å². The van der Waals surface area contributed by atoms with Crippen LogP contribution < -0.4 is 11.1 Å². The molecule has 1 heterocycles. The molecule has 0 bridgehead atoms. The second kappa shape index (κ2) is 5.80. The largest absolute Gasteiger partial charge is 0.368 e. The van der Waals surface area contributed by atoms with E-state index < -0.39 is 0 Å². The molecule has 0 saturated carbocycles. The van der Waals surface area contributed by atoms with Gasteiger partial charge in [0.1, 0.15) is 5.82 Å². The summed E-state index contributed by atoms with van der Waals surface area (Å²) in [5.74, 6) is 0.833. The highest BCUT2D eigenvalue weighted by Gasteiger charge is 2.04. The third-order valence-corrected chi connectivity index (χ3v) is 2.93. The summed E-state index contributed by atoms with van der Waals surface area (Å²) in [7, 11) is 0. The molecule has 2 rings (SSSR count). The van der Waals surface area contributed by atoms with Crippen LogP contribution in [0.4, 0.5) is 5.82 Å². The van der Waals surface area contributed by atoms with E-state index in [1.807, 2.05) is 42.5 Å². The molecule has 88 valence electrons. The van der Waals surface area contributed by atoms with Crippen molar-refractivity contribution in [1.82, 2.24) is 4.98 Å². The minimum absolute atomic E-state index is 0.0263. The van der Waals surface area contributed by atoms with Gasteiger partial charge in [0, 0.05) is 23.3 Å². The average Bonchev–Trinajstić information content (AvgIpc) is 2.39. The van der Waals surface area contributed by atoms with Crippen molar-refractivity contribution in [1.29, 1.82) is 0 Å². The first-order valence-corrected chi connectivity index (χ1v) is 6.21. The van der Waals surface area contributed by atoms with E-state index in [1.165, 1.54) is 0 Å². The zero-order valence-corrected chi connectivity index (χ0v) is 10.9. The van der Waals surface area contributed by atoms with Crippen LogP contribution in [0.2, 0.25) is 0 Å². The number of rotatable bonds is 4. The topological polar surface area (TPSA) is 50.9 Å². The van der Waals surface area contributed by atoms with E-state index in [9.17, 15) is 0 Å². The van der Waals surface area contributed by atoms with Gasteiger partial charge in [-0.2, -0.15) is 0 Å². The molecule has 2 aromatic rings. The number of halogens is 1. The molecule has 4 heteroatoms. The summed E-state index contributed by atoms with van der Waals surface area (Å²) in [4.78, 5) is 4.23. The number of hydrogen-bond acceptors (Lipinski definition) is 3. The SMILES string of the molecule is NC(CNc1ccc(Br)cn1)c1ccccc1. The molecule has 3 N–H and O–H groups in total. The fourth-order valence-electron chi connectivity index (χ4n) is 1.51. The molecule has 0 aliphatic carbocycles. The third kappa shape index (κ3) is 3.54. The van der Waals surface area contributed by atoms with Crippen LogP contribution in [0, 0.1) is 0 Å². The van der Waals surface area contributed by atoms with Gasteiger partial charge in [-0.25, -0.2) is 4.98 Å². The number of nitrogens with zero attached hydrogens (tertiary/aromatic N) is 1. The average molecular weight is 292 g/mol. The molecule has 0 aliphatic heterocycles. The highest BCUT2D eigenvalue weighted by molar-refractivity contribution is 9.10. The van der Waals surface area contributed by atoms with E-state index in [0.29, 0.717) is 6.54 Å². The lowest BCUT2D eigenvalue weighted by Crippen LogP contribution is -2.20. The monoisotopic (exact) mass is 291 g/mol. The molecule has 0 saturated heterocycles. The predicted octanol–water partition coefficient (Wildman–Crippen LogP) is 2.96. The Bertz CT molecular complexity index is 456. The standard InChI is InChI=1S/C13H14BrN3/c14-11-6-7-13(16-8-11)17-9-12(15)10-4-2-1-3-5-10/h1-8,12H,9,15H2,(H,16,17). The van der Waals surface area contributed by atoms with Crippen molar-refractivity contribution in [2.24, 2.45) is 5.73 Å². The molecule has 1 unspecified atom stereocenters. The molecule has 3 nitrogen and oxygen atoms in total. The van der Waals surface area contributed by atoms with Gasteiger partial charge in [-0.05, 0) is 33.6 Å². The van der Waals surface area contributed by atoms with E-state index in [0.717, 1.165) is 15.9 Å². The number of hydrogen-bond donors (Lipinski definition) is 2. The molecule has 17 heavy (non-hydrogen) atoms. The van der Waals surface area contributed by atoms with E-state index >= 15 is 0 Å². The number of pyridine rings is 1. The normalized spacial score (nSPS) is 12.1. The molecule has 0 fully saturated rings. The number of nitrogens with one attached hydrogen (secondary N) is 1. The van der Waals surface area contributed by atoms with Gasteiger partial charge >= 0.3 is 0 Å². The van der Waals surface area contributed by atoms with Crippen molar-refractivity contribution >= 4 is 21.7 Å². The zero-order valence-electron chi connectivity index (χ0n) is 9.31. The van der Waals surface area contributed by atoms with Crippen molar-refractivity contribution in [3.05, 3.63) is 58.7 Å². The maximum Gasteiger partial charge on any atom is 0.126 e. The molecule has 1 aromatic heterocycles. The highest BCUT2D eigenvalue weighted by Crippen LogP contribution is 2.13. The Hall–Kier alpha value is -1.39. The van der Waals surface area contributed by atoms with Crippen LogP contribution in [0.15, 0.2) is 53.1 Å². The lowest BCUT2D eigenvalue weighted by atomic mass is 10.1. The van der Waals surface area contributed by atoms with Crippen LogP contribution in [0.1, 0.15) is 11.6 Å². The van der Waals surface area contributed by atoms with Crippen molar-refractivity contribution in [3.63, 3.8) is 0 Å². The first-order chi connectivity index (χ1) is 8.25. The third-order valence-electron chi connectivity index (χ3n) is 2.46. The van der Waals surface area contributed by atoms with Crippen LogP contribution in [0.3, 0.4) is 0 Å². The maximum absolute atomic E-state index is 6.07. The van der Waals surface area contributed by atoms with Gasteiger partial charge in [0.05, 0.1) is 0 Å². The summed E-state index contributed by atoms with van der Waals surface area (Å²) in [5, 5.41) is 3.21. The van der Waals surface area contributed by atoms with E-state index in [-0.39, 0.29) is 6.04 Å². The van der Waals surface area contributed by atoms with Gasteiger partial charge in [-0.15, -0.1) is 0 Å². The molecular formula is C13H14BrN3. The zero-order chi connectivity index (χ0) is 12.1. The van der Waals surface area contributed by atoms with Gasteiger partial charge in [-0.1, -0.05) is 30.3 Å². The summed E-state index contributed by atoms with van der Waals surface area (Å²) < 4.78 is 0.968. The molecular weight excluding hydrogens is 278 g/mol. The number of benzene rings is 1. The number of nitrogens with two attached hydrogens (primary N) is 1. The fourth-order valence-corrected chi connectivity index (χ4v) is 1.75. The predicted molar refractivity (Wildman–Crippen MR) is 73.8 cm³/mol. The molecule has 0 radical (unpaired) electrons. The molecule has 0 aliphatic rings. The lowest BCUT2D eigenvalue weighted by Gasteiger charge is -2.13. The summed E-state index contributed by atoms with van der Waals surface area (Å²) in [6.07, 6.45) is 1.76. The Morgan fingerprint density at radius 2 is 1.94 bits per heavy atom. The minimum atomic E-state index is -0.0263. The van der Waals surface area contributed by atoms with E-state index in [4.69, 9.17) is 5.73 Å². The lowest BCUT2D eigenvalue weighted by molar-refractivity contribution is 0.762. The summed E-state index contributed by atoms with van der Waals surface area (Å²) in [6, 6.07) is 13.9. The fraction of sp³-hybridized carbons (Fsp3) is 0.154. The van der Waals surface area contributed by atoms with Gasteiger partial charge in [0.15, 0.2) is 0 Å². The Morgan fingerprint density at radius 3 is 2.59 bits per heavy atom. The Morgan fingerprint density at radius 1 is 1.18 bits per heavy atom. The summed E-state index contributed by atoms with van der Waals surface area (Å²) >= 11 is 3.35. The van der Waals surface area contributed by atoms with Crippen molar-refractivity contribution in [2.75, 3.05) is 11.9 Å². The van der Waals surface area contributed by atoms with Crippen LogP contribution in [0.25, 0.3) is 0 Å². The van der Waals surface area contributed by atoms with Gasteiger partial charge in [0.2, 0.25) is 0 Å². The molecule has 0 amide bonds. The van der Waals surface area contributed by atoms with Crippen molar-refractivity contribution in [3.8, 4) is 0 Å². The first kappa shape index (κ1) is 12.1. The van der Waals surface area contributed by atoms with Crippen LogP contribution >= 0.6 is 15.9 Å². The second-order valence-electron chi connectivity index (χ2n) is 3.76. The van der Waals surface area contributed by atoms with E-state index in [2.05, 4.69) is 26.2 Å². The summed E-state index contributed by atoms with van der Waals surface area (Å²) in [6.45, 7) is 0.665. The smallest absolute Gasteiger partial charge is 0.126 e. The highest BCUT2D eigenvalue weighted by atomic mass is 79.9. The molecule has 0 spiro atoms. The molecule has 1 aromatic carbocycles. The first-order valence-electron chi connectivity index (χ1n) is 5.41. The van der Waals surface area contributed by atoms with Gasteiger partial charge in [0.25, 0.3) is 0 Å². The van der Waals surface area contributed by atoms with Gasteiger partial charge < -0.3 is 11.1 Å². The Balaban J connectivity index is 1.92. The second-order valence-corrected chi connectivity index (χ2v) is 4.68. The number of anilines is 1. The van der Waals surface area contributed by atoms with E-state index in [1.54, 1.807) is 6.20 Å². The van der Waals surface area contributed by atoms with Crippen molar-refractivity contribution in [2.45, 2.75) is 6.04 Å². The number of aromatic nitrogens is 1. The Kier molecular flexibility index (Phi) is 4.12. The van der Waals surface area contributed by atoms with Crippen LogP contribution in [-0.4, -0.2) is 11.5 Å². The Labute approximate surface area is 109 Å². The van der Waals surface area contributed by atoms with Gasteiger partial charge in [-0.3, -0.25) is 0 Å². The van der Waals surface area contributed by atoms with Crippen LogP contribution in [-0.2, 0) is 0 Å². The summed E-state index contributed by atoms with van der Waals surface area (Å²) in [5.41, 5.74) is 7.20. The molecule has 1 atom stereocenters. The maximum atomic E-state index is 6.07. The minimum Gasteiger partial charge on any atom is -0.368 e. The van der Waals surface area contributed by atoms with Crippen molar-refractivity contribution < 1.29 is 0 Å².